The molecule has 12 aromatic rings. The molecule has 0 saturated heterocycles. The molecule has 0 fully saturated rings. The van der Waals surface area contributed by atoms with Crippen LogP contribution in [0, 0.1) is 0 Å². The van der Waals surface area contributed by atoms with E-state index in [1.54, 1.807) is 0 Å². The van der Waals surface area contributed by atoms with Crippen molar-refractivity contribution in [1.29, 1.82) is 0 Å². The molecular formula is C53H32N4S. The van der Waals surface area contributed by atoms with Crippen LogP contribution in [0.4, 0.5) is 0 Å². The van der Waals surface area contributed by atoms with Gasteiger partial charge in [-0.1, -0.05) is 158 Å². The topological polar surface area (TPSA) is 43.6 Å². The van der Waals surface area contributed by atoms with Crippen molar-refractivity contribution in [3.05, 3.63) is 194 Å². The Kier molecular flexibility index (Phi) is 7.37. The minimum absolute atomic E-state index is 0.658. The van der Waals surface area contributed by atoms with Crippen LogP contribution >= 0.6 is 11.3 Å². The predicted molar refractivity (Wildman–Crippen MR) is 244 cm³/mol. The van der Waals surface area contributed by atoms with Gasteiger partial charge in [0.2, 0.25) is 0 Å². The fourth-order valence-corrected chi connectivity index (χ4v) is 10.1. The third kappa shape index (κ3) is 5.11. The molecule has 9 aromatic carbocycles. The molecule has 0 atom stereocenters. The lowest BCUT2D eigenvalue weighted by Gasteiger charge is -2.12. The van der Waals surface area contributed by atoms with Gasteiger partial charge in [-0.15, -0.1) is 11.3 Å². The Morgan fingerprint density at radius 1 is 0.345 bits per heavy atom. The van der Waals surface area contributed by atoms with E-state index in [0.29, 0.717) is 17.5 Å². The molecule has 270 valence electrons. The second-order valence-electron chi connectivity index (χ2n) is 14.8. The number of aromatic nitrogens is 4. The molecule has 0 aliphatic rings. The smallest absolute Gasteiger partial charge is 0.165 e. The predicted octanol–water partition coefficient (Wildman–Crippen LogP) is 14.3. The molecule has 0 amide bonds. The minimum atomic E-state index is 0.658. The van der Waals surface area contributed by atoms with Crippen molar-refractivity contribution in [3.8, 4) is 51.0 Å². The van der Waals surface area contributed by atoms with Crippen LogP contribution in [0.3, 0.4) is 0 Å². The first kappa shape index (κ1) is 32.7. The fourth-order valence-electron chi connectivity index (χ4n) is 8.78. The highest BCUT2D eigenvalue weighted by molar-refractivity contribution is 7.27. The highest BCUT2D eigenvalue weighted by atomic mass is 32.1. The first-order valence-corrected chi connectivity index (χ1v) is 20.3. The van der Waals surface area contributed by atoms with E-state index in [-0.39, 0.29) is 0 Å². The first-order valence-electron chi connectivity index (χ1n) is 19.5. The number of hydrogen-bond acceptors (Lipinski definition) is 4. The summed E-state index contributed by atoms with van der Waals surface area (Å²) in [6.07, 6.45) is 0. The zero-order valence-corrected chi connectivity index (χ0v) is 32.0. The Hall–Kier alpha value is -7.47. The third-order valence-corrected chi connectivity index (χ3v) is 12.7. The summed E-state index contributed by atoms with van der Waals surface area (Å²) in [5.74, 6) is 1.98. The first-order chi connectivity index (χ1) is 28.8. The Morgan fingerprint density at radius 3 is 1.67 bits per heavy atom. The summed E-state index contributed by atoms with van der Waals surface area (Å²) in [5.41, 5.74) is 8.84. The van der Waals surface area contributed by atoms with E-state index < -0.39 is 0 Å². The van der Waals surface area contributed by atoms with E-state index in [0.717, 1.165) is 27.1 Å². The van der Waals surface area contributed by atoms with Crippen molar-refractivity contribution in [2.45, 2.75) is 0 Å². The van der Waals surface area contributed by atoms with Gasteiger partial charge in [0, 0.05) is 53.3 Å². The Balaban J connectivity index is 1.12. The monoisotopic (exact) mass is 756 g/mol. The van der Waals surface area contributed by atoms with Crippen LogP contribution in [-0.4, -0.2) is 19.5 Å². The van der Waals surface area contributed by atoms with E-state index in [1.807, 2.05) is 47.7 Å². The van der Waals surface area contributed by atoms with Crippen LogP contribution in [-0.2, 0) is 0 Å². The highest BCUT2D eigenvalue weighted by Gasteiger charge is 2.21. The van der Waals surface area contributed by atoms with Crippen LogP contribution in [0.15, 0.2) is 194 Å². The van der Waals surface area contributed by atoms with Gasteiger partial charge in [-0.3, -0.25) is 0 Å². The van der Waals surface area contributed by atoms with E-state index >= 15 is 0 Å². The summed E-state index contributed by atoms with van der Waals surface area (Å²) in [4.78, 5) is 15.2. The molecule has 12 rings (SSSR count). The van der Waals surface area contributed by atoms with Gasteiger partial charge in [-0.2, -0.15) is 0 Å². The van der Waals surface area contributed by atoms with E-state index in [9.17, 15) is 0 Å². The molecule has 0 N–H and O–H groups in total. The molecule has 58 heavy (non-hydrogen) atoms. The summed E-state index contributed by atoms with van der Waals surface area (Å²) >= 11 is 1.83. The SMILES string of the molecule is c1ccc(-c2nc(-c3ccccc3)nc(-c3cccc4c3sc3c4ccc4c3c3ccc(-c5cc6ccccc6c6ccccc56)cc3n4-c3ccccc3)n2)cc1. The van der Waals surface area contributed by atoms with E-state index in [2.05, 4.69) is 162 Å². The summed E-state index contributed by atoms with van der Waals surface area (Å²) in [5, 5.41) is 9.95. The van der Waals surface area contributed by atoms with Crippen LogP contribution in [0.5, 0.6) is 0 Å². The molecule has 4 nitrogen and oxygen atoms in total. The van der Waals surface area contributed by atoms with Gasteiger partial charge < -0.3 is 4.57 Å². The standard InChI is InChI=1S/C53H32N4S/c1-4-15-33(16-5-1)51-54-52(34-17-6-2-7-18-34)56-53(55-51)44-26-14-25-41-42-29-30-46-48(50(42)58-49(41)44)43-28-27-36(32-47(43)57(46)37-20-8-3-9-21-37)45-31-35-19-10-11-22-38(35)39-23-12-13-24-40(39)45/h1-32H. The third-order valence-electron chi connectivity index (χ3n) is 11.4. The lowest BCUT2D eigenvalue weighted by atomic mass is 9.93. The molecule has 3 aromatic heterocycles. The molecule has 0 saturated carbocycles. The van der Waals surface area contributed by atoms with Gasteiger partial charge in [0.05, 0.1) is 11.0 Å². The normalized spacial score (nSPS) is 11.8. The number of benzene rings is 9. The van der Waals surface area contributed by atoms with Crippen molar-refractivity contribution in [1.82, 2.24) is 19.5 Å². The van der Waals surface area contributed by atoms with Gasteiger partial charge in [0.15, 0.2) is 17.5 Å². The Bertz CT molecular complexity index is 3500. The van der Waals surface area contributed by atoms with Crippen LogP contribution in [0.2, 0.25) is 0 Å². The largest absolute Gasteiger partial charge is 0.309 e. The van der Waals surface area contributed by atoms with Crippen molar-refractivity contribution < 1.29 is 0 Å². The maximum atomic E-state index is 5.14. The number of hydrogen-bond donors (Lipinski definition) is 0. The maximum Gasteiger partial charge on any atom is 0.165 e. The van der Waals surface area contributed by atoms with Crippen LogP contribution in [0.25, 0.3) is 115 Å². The summed E-state index contributed by atoms with van der Waals surface area (Å²) in [6.45, 7) is 0. The number of nitrogens with zero attached hydrogens (tertiary/aromatic N) is 4. The average Bonchev–Trinajstić information content (AvgIpc) is 3.85. The molecule has 0 aliphatic heterocycles. The zero-order valence-electron chi connectivity index (χ0n) is 31.2. The van der Waals surface area contributed by atoms with Gasteiger partial charge in [-0.05, 0) is 69.1 Å². The molecule has 5 heteroatoms. The van der Waals surface area contributed by atoms with Crippen LogP contribution in [0.1, 0.15) is 0 Å². The van der Waals surface area contributed by atoms with Crippen molar-refractivity contribution in [2.75, 3.05) is 0 Å². The fraction of sp³-hybridized carbons (Fsp3) is 0. The molecule has 0 aliphatic carbocycles. The summed E-state index contributed by atoms with van der Waals surface area (Å²) in [7, 11) is 0. The summed E-state index contributed by atoms with van der Waals surface area (Å²) < 4.78 is 4.85. The van der Waals surface area contributed by atoms with Crippen LogP contribution < -0.4 is 0 Å². The van der Waals surface area contributed by atoms with Gasteiger partial charge >= 0.3 is 0 Å². The second kappa shape index (κ2) is 13.1. The number of thiophene rings is 1. The van der Waals surface area contributed by atoms with Crippen molar-refractivity contribution >= 4 is 74.9 Å². The molecular weight excluding hydrogens is 725 g/mol. The zero-order chi connectivity index (χ0) is 38.2. The molecule has 3 heterocycles. The number of rotatable bonds is 5. The Labute approximate surface area is 338 Å². The second-order valence-corrected chi connectivity index (χ2v) is 15.8. The lowest BCUT2D eigenvalue weighted by molar-refractivity contribution is 1.08. The molecule has 0 radical (unpaired) electrons. The van der Waals surface area contributed by atoms with Gasteiger partial charge in [0.25, 0.3) is 0 Å². The van der Waals surface area contributed by atoms with Gasteiger partial charge in [0.1, 0.15) is 0 Å². The number of fused-ring (bicyclic) bond motifs is 10. The molecule has 0 spiro atoms. The highest BCUT2D eigenvalue weighted by Crippen LogP contribution is 2.47. The van der Waals surface area contributed by atoms with E-state index in [1.165, 1.54) is 70.0 Å². The van der Waals surface area contributed by atoms with E-state index in [4.69, 9.17) is 15.0 Å². The van der Waals surface area contributed by atoms with Gasteiger partial charge in [-0.25, -0.2) is 15.0 Å². The molecule has 0 bridgehead atoms. The summed E-state index contributed by atoms with van der Waals surface area (Å²) in [6, 6.07) is 69.1. The van der Waals surface area contributed by atoms with Crippen molar-refractivity contribution in [3.63, 3.8) is 0 Å². The lowest BCUT2D eigenvalue weighted by Crippen LogP contribution is -2.00. The average molecular weight is 757 g/mol. The minimum Gasteiger partial charge on any atom is -0.309 e. The molecule has 0 unspecified atom stereocenters. The Morgan fingerprint density at radius 2 is 0.931 bits per heavy atom. The van der Waals surface area contributed by atoms with Crippen molar-refractivity contribution in [2.24, 2.45) is 0 Å². The maximum absolute atomic E-state index is 5.14. The quantitative estimate of drug-likeness (QED) is 0.164. The number of para-hydroxylation sites is 1.